The number of pyridine rings is 2. The number of amides is 1. The Hall–Kier alpha value is -3.29. The molecule has 0 bridgehead atoms. The van der Waals surface area contributed by atoms with E-state index >= 15 is 0 Å². The molecule has 1 saturated heterocycles. The van der Waals surface area contributed by atoms with E-state index in [1.54, 1.807) is 18.6 Å². The van der Waals surface area contributed by atoms with E-state index in [-0.39, 0.29) is 23.5 Å². The number of hydrogen-bond donors (Lipinski definition) is 0. The van der Waals surface area contributed by atoms with Crippen LogP contribution >= 0.6 is 0 Å². The highest BCUT2D eigenvalue weighted by atomic mass is 16.5. The maximum atomic E-state index is 13.7. The summed E-state index contributed by atoms with van der Waals surface area (Å²) in [5, 5.41) is 8.35. The van der Waals surface area contributed by atoms with Gasteiger partial charge in [0.15, 0.2) is 5.82 Å². The molecule has 4 unspecified atom stereocenters. The van der Waals surface area contributed by atoms with E-state index in [1.807, 2.05) is 43.1 Å². The number of likely N-dealkylation sites (tertiary alicyclic amines) is 1. The lowest BCUT2D eigenvalue weighted by Gasteiger charge is -2.47. The number of carbonyl (C=O) groups excluding carboxylic acids is 1. The highest BCUT2D eigenvalue weighted by Crippen LogP contribution is 2.71. The molecule has 30 heavy (non-hydrogen) atoms. The molecule has 4 heterocycles. The summed E-state index contributed by atoms with van der Waals surface area (Å²) in [6.45, 7) is 4.71. The minimum atomic E-state index is -0.0276. The predicted molar refractivity (Wildman–Crippen MR) is 107 cm³/mol. The van der Waals surface area contributed by atoms with Crippen LogP contribution in [-0.2, 0) is 0 Å². The predicted octanol–water partition coefficient (Wildman–Crippen LogP) is 2.36. The van der Waals surface area contributed by atoms with Gasteiger partial charge < -0.3 is 9.64 Å². The number of nitrogens with zero attached hydrogens (tertiary/aromatic N) is 6. The summed E-state index contributed by atoms with van der Waals surface area (Å²) < 4.78 is 6.20. The Kier molecular flexibility index (Phi) is 3.57. The second-order valence-electron chi connectivity index (χ2n) is 8.77. The van der Waals surface area contributed by atoms with Gasteiger partial charge in [-0.05, 0) is 49.8 Å². The van der Waals surface area contributed by atoms with Gasteiger partial charge in [0.2, 0.25) is 5.88 Å². The van der Waals surface area contributed by atoms with Crippen LogP contribution in [0.25, 0.3) is 5.82 Å². The van der Waals surface area contributed by atoms with Crippen molar-refractivity contribution in [2.75, 3.05) is 6.54 Å². The fraction of sp³-hybridized carbons (Fsp3) is 0.409. The van der Waals surface area contributed by atoms with Gasteiger partial charge in [-0.25, -0.2) is 9.97 Å². The third-order valence-electron chi connectivity index (χ3n) is 6.81. The Morgan fingerprint density at radius 1 is 1.10 bits per heavy atom. The van der Waals surface area contributed by atoms with Gasteiger partial charge in [-0.1, -0.05) is 6.07 Å². The molecule has 152 valence electrons. The number of piperidine rings is 1. The maximum absolute atomic E-state index is 13.7. The van der Waals surface area contributed by atoms with E-state index in [2.05, 4.69) is 20.2 Å². The smallest absolute Gasteiger partial charge is 0.258 e. The van der Waals surface area contributed by atoms with Gasteiger partial charge in [0, 0.05) is 30.4 Å². The number of aromatic nitrogens is 5. The summed E-state index contributed by atoms with van der Waals surface area (Å²) >= 11 is 0. The van der Waals surface area contributed by atoms with Crippen molar-refractivity contribution >= 4 is 5.91 Å². The minimum absolute atomic E-state index is 0.0271. The Morgan fingerprint density at radius 3 is 2.67 bits per heavy atom. The van der Waals surface area contributed by atoms with Gasteiger partial charge in [-0.15, -0.1) is 4.80 Å². The molecule has 2 aliphatic carbocycles. The first-order chi connectivity index (χ1) is 14.5. The number of ether oxygens (including phenoxy) is 1. The molecule has 4 atom stereocenters. The Bertz CT molecular complexity index is 1130. The first-order valence-corrected chi connectivity index (χ1v) is 10.3. The molecular formula is C22H22N6O2. The van der Waals surface area contributed by atoms with Gasteiger partial charge in [0.05, 0.1) is 24.0 Å². The molecule has 3 aromatic heterocycles. The molecule has 8 nitrogen and oxygen atoms in total. The van der Waals surface area contributed by atoms with Crippen molar-refractivity contribution in [3.8, 4) is 11.7 Å². The fourth-order valence-corrected chi connectivity index (χ4v) is 5.29. The molecule has 1 amide bonds. The lowest BCUT2D eigenvalue weighted by Crippen LogP contribution is -2.59. The van der Waals surface area contributed by atoms with Crippen LogP contribution in [0.3, 0.4) is 0 Å². The number of carbonyl (C=O) groups is 1. The topological polar surface area (TPSA) is 86.0 Å². The van der Waals surface area contributed by atoms with E-state index in [0.29, 0.717) is 23.2 Å². The van der Waals surface area contributed by atoms with Gasteiger partial charge in [0.1, 0.15) is 6.10 Å². The molecule has 3 aromatic rings. The standard InChI is InChI=1S/C22H22N6O2/c1-13-3-4-18(23-10-13)30-17-9-22-8-15(22)12-27(19(17)22)21(29)16-7-14(2)11-24-20(16)28-25-5-6-26-28/h3-7,10-11,15,17,19H,8-9,12H2,1-2H3. The van der Waals surface area contributed by atoms with Crippen LogP contribution in [0.4, 0.5) is 0 Å². The summed E-state index contributed by atoms with van der Waals surface area (Å²) in [4.78, 5) is 25.9. The van der Waals surface area contributed by atoms with Crippen LogP contribution in [0, 0.1) is 25.2 Å². The average molecular weight is 402 g/mol. The third kappa shape index (κ3) is 2.49. The summed E-state index contributed by atoms with van der Waals surface area (Å²) in [6.07, 6.45) is 8.85. The molecule has 2 saturated carbocycles. The van der Waals surface area contributed by atoms with Crippen molar-refractivity contribution in [2.24, 2.45) is 11.3 Å². The molecule has 1 spiro atoms. The molecular weight excluding hydrogens is 380 g/mol. The quantitative estimate of drug-likeness (QED) is 0.666. The fourth-order valence-electron chi connectivity index (χ4n) is 5.29. The SMILES string of the molecule is Cc1ccc(OC2CC34CC3CN(C(=O)c3cc(C)cnc3-n3nccn3)C24)nc1. The van der Waals surface area contributed by atoms with Crippen molar-refractivity contribution in [3.05, 3.63) is 59.7 Å². The van der Waals surface area contributed by atoms with Gasteiger partial charge in [-0.3, -0.25) is 4.79 Å². The monoisotopic (exact) mass is 402 g/mol. The molecule has 0 N–H and O–H groups in total. The highest BCUT2D eigenvalue weighted by molar-refractivity contribution is 5.98. The summed E-state index contributed by atoms with van der Waals surface area (Å²) in [6, 6.07) is 5.85. The Labute approximate surface area is 173 Å². The molecule has 3 aliphatic rings. The first kappa shape index (κ1) is 17.6. The van der Waals surface area contributed by atoms with Crippen LogP contribution in [0.5, 0.6) is 5.88 Å². The van der Waals surface area contributed by atoms with Crippen LogP contribution in [-0.4, -0.2) is 54.5 Å². The molecule has 8 heteroatoms. The zero-order valence-corrected chi connectivity index (χ0v) is 16.9. The van der Waals surface area contributed by atoms with Crippen LogP contribution < -0.4 is 4.74 Å². The number of hydrogen-bond acceptors (Lipinski definition) is 6. The van der Waals surface area contributed by atoms with E-state index in [9.17, 15) is 4.79 Å². The molecule has 1 aliphatic heterocycles. The van der Waals surface area contributed by atoms with Gasteiger partial charge >= 0.3 is 0 Å². The molecule has 3 fully saturated rings. The summed E-state index contributed by atoms with van der Waals surface area (Å²) in [5.74, 6) is 1.62. The van der Waals surface area contributed by atoms with Crippen LogP contribution in [0.15, 0.2) is 43.0 Å². The molecule has 0 aromatic carbocycles. The highest BCUT2D eigenvalue weighted by Gasteiger charge is 2.76. The lowest BCUT2D eigenvalue weighted by molar-refractivity contribution is -0.0345. The van der Waals surface area contributed by atoms with Gasteiger partial charge in [-0.2, -0.15) is 10.2 Å². The van der Waals surface area contributed by atoms with Crippen molar-refractivity contribution in [2.45, 2.75) is 38.8 Å². The third-order valence-corrected chi connectivity index (χ3v) is 6.81. The number of aryl methyl sites for hydroxylation is 2. The largest absolute Gasteiger partial charge is 0.472 e. The van der Waals surface area contributed by atoms with Crippen molar-refractivity contribution in [1.82, 2.24) is 29.9 Å². The second-order valence-corrected chi connectivity index (χ2v) is 8.77. The van der Waals surface area contributed by atoms with Crippen molar-refractivity contribution in [1.29, 1.82) is 0 Å². The normalized spacial score (nSPS) is 28.5. The average Bonchev–Trinajstić information content (AvgIpc) is 3.10. The first-order valence-electron chi connectivity index (χ1n) is 10.3. The van der Waals surface area contributed by atoms with Crippen LogP contribution in [0.1, 0.15) is 34.3 Å². The minimum Gasteiger partial charge on any atom is -0.472 e. The lowest BCUT2D eigenvalue weighted by atomic mass is 9.73. The van der Waals surface area contributed by atoms with Crippen molar-refractivity contribution < 1.29 is 9.53 Å². The number of rotatable bonds is 4. The van der Waals surface area contributed by atoms with Crippen molar-refractivity contribution in [3.63, 3.8) is 0 Å². The van der Waals surface area contributed by atoms with E-state index in [1.165, 1.54) is 11.2 Å². The molecule has 6 rings (SSSR count). The zero-order chi connectivity index (χ0) is 20.5. The maximum Gasteiger partial charge on any atom is 0.258 e. The van der Waals surface area contributed by atoms with E-state index in [4.69, 9.17) is 4.74 Å². The Balaban J connectivity index is 1.30. The second kappa shape index (κ2) is 6.10. The van der Waals surface area contributed by atoms with Gasteiger partial charge in [0.25, 0.3) is 5.91 Å². The van der Waals surface area contributed by atoms with E-state index < -0.39 is 0 Å². The van der Waals surface area contributed by atoms with Crippen LogP contribution in [0.2, 0.25) is 0 Å². The summed E-state index contributed by atoms with van der Waals surface area (Å²) in [5.41, 5.74) is 2.78. The summed E-state index contributed by atoms with van der Waals surface area (Å²) in [7, 11) is 0. The zero-order valence-electron chi connectivity index (χ0n) is 16.9. The molecule has 0 radical (unpaired) electrons. The Morgan fingerprint density at radius 2 is 1.90 bits per heavy atom. The van der Waals surface area contributed by atoms with E-state index in [0.717, 1.165) is 24.1 Å².